The van der Waals surface area contributed by atoms with Gasteiger partial charge in [0.15, 0.2) is 0 Å². The van der Waals surface area contributed by atoms with E-state index in [1.807, 2.05) is 18.7 Å². The molecule has 1 amide bonds. The maximum absolute atomic E-state index is 12.0. The van der Waals surface area contributed by atoms with Crippen molar-refractivity contribution in [2.24, 2.45) is 5.73 Å². The Morgan fingerprint density at radius 2 is 2.31 bits per heavy atom. The maximum Gasteiger partial charge on any atom is 0.239 e. The highest BCUT2D eigenvalue weighted by molar-refractivity contribution is 5.81. The molecule has 4 heteroatoms. The molecular weight excluding hydrogens is 204 g/mol. The van der Waals surface area contributed by atoms with Crippen molar-refractivity contribution >= 4 is 5.91 Å². The van der Waals surface area contributed by atoms with Gasteiger partial charge in [0.05, 0.1) is 12.1 Å². The minimum absolute atomic E-state index is 0.0693. The van der Waals surface area contributed by atoms with Crippen molar-refractivity contribution in [3.8, 4) is 0 Å². The average molecular weight is 228 g/mol. The fourth-order valence-corrected chi connectivity index (χ4v) is 2.08. The van der Waals surface area contributed by atoms with Crippen LogP contribution in [0.1, 0.15) is 39.5 Å². The minimum atomic E-state index is -0.341. The molecular formula is C12H24N2O2. The average Bonchev–Trinajstić information content (AvgIpc) is 2.78. The number of rotatable bonds is 6. The molecule has 0 aromatic rings. The number of hydrogen-bond acceptors (Lipinski definition) is 3. The fourth-order valence-electron chi connectivity index (χ4n) is 2.08. The fraction of sp³-hybridized carbons (Fsp3) is 0.917. The Hall–Kier alpha value is -0.610. The molecule has 1 rings (SSSR count). The molecule has 0 bridgehead atoms. The molecule has 1 heterocycles. The number of carbonyl (C=O) groups is 1. The summed E-state index contributed by atoms with van der Waals surface area (Å²) in [6, 6.07) is -0.341. The number of nitrogens with zero attached hydrogens (tertiary/aromatic N) is 1. The zero-order chi connectivity index (χ0) is 12.0. The van der Waals surface area contributed by atoms with Crippen LogP contribution in [0.15, 0.2) is 0 Å². The number of likely N-dealkylation sites (N-methyl/N-ethyl adjacent to an activating group) is 1. The molecule has 0 aliphatic carbocycles. The van der Waals surface area contributed by atoms with Gasteiger partial charge in [0, 0.05) is 19.7 Å². The van der Waals surface area contributed by atoms with Crippen molar-refractivity contribution in [3.05, 3.63) is 0 Å². The predicted octanol–water partition coefficient (Wildman–Crippen LogP) is 1.14. The Kier molecular flexibility index (Phi) is 5.77. The van der Waals surface area contributed by atoms with Crippen molar-refractivity contribution in [2.45, 2.75) is 51.7 Å². The smallest absolute Gasteiger partial charge is 0.239 e. The molecule has 0 aromatic carbocycles. The molecule has 2 N–H and O–H groups in total. The molecule has 2 atom stereocenters. The Morgan fingerprint density at radius 3 is 2.81 bits per heavy atom. The second-order valence-electron chi connectivity index (χ2n) is 4.41. The van der Waals surface area contributed by atoms with E-state index in [9.17, 15) is 4.79 Å². The third kappa shape index (κ3) is 3.76. The van der Waals surface area contributed by atoms with Crippen molar-refractivity contribution in [2.75, 3.05) is 19.7 Å². The summed E-state index contributed by atoms with van der Waals surface area (Å²) in [6.07, 6.45) is 4.10. The molecule has 1 aliphatic rings. The predicted molar refractivity (Wildman–Crippen MR) is 64.1 cm³/mol. The Labute approximate surface area is 98.1 Å². The van der Waals surface area contributed by atoms with E-state index in [-0.39, 0.29) is 18.1 Å². The van der Waals surface area contributed by atoms with Crippen molar-refractivity contribution in [1.29, 1.82) is 0 Å². The summed E-state index contributed by atoms with van der Waals surface area (Å²) in [6.45, 7) is 6.29. The van der Waals surface area contributed by atoms with Gasteiger partial charge in [-0.15, -0.1) is 0 Å². The monoisotopic (exact) mass is 228 g/mol. The Morgan fingerprint density at radius 1 is 1.56 bits per heavy atom. The summed E-state index contributed by atoms with van der Waals surface area (Å²) in [4.78, 5) is 13.8. The van der Waals surface area contributed by atoms with Gasteiger partial charge in [-0.3, -0.25) is 4.79 Å². The summed E-state index contributed by atoms with van der Waals surface area (Å²) in [5, 5.41) is 0. The van der Waals surface area contributed by atoms with Gasteiger partial charge < -0.3 is 15.4 Å². The lowest BCUT2D eigenvalue weighted by atomic mass is 10.1. The highest BCUT2D eigenvalue weighted by atomic mass is 16.5. The van der Waals surface area contributed by atoms with Gasteiger partial charge in [0.2, 0.25) is 5.91 Å². The Balaban J connectivity index is 2.42. The van der Waals surface area contributed by atoms with E-state index < -0.39 is 0 Å². The SMILES string of the molecule is CCCC(N)C(=O)N(CC)CC1CCCO1. The van der Waals surface area contributed by atoms with E-state index in [0.29, 0.717) is 6.54 Å². The molecule has 16 heavy (non-hydrogen) atoms. The second-order valence-corrected chi connectivity index (χ2v) is 4.41. The van der Waals surface area contributed by atoms with Crippen LogP contribution in [0, 0.1) is 0 Å². The van der Waals surface area contributed by atoms with Crippen molar-refractivity contribution in [1.82, 2.24) is 4.90 Å². The summed E-state index contributed by atoms with van der Waals surface area (Å²) < 4.78 is 5.54. The van der Waals surface area contributed by atoms with E-state index in [2.05, 4.69) is 0 Å². The normalized spacial score (nSPS) is 22.1. The lowest BCUT2D eigenvalue weighted by Gasteiger charge is -2.26. The number of carbonyl (C=O) groups excluding carboxylic acids is 1. The van der Waals surface area contributed by atoms with Gasteiger partial charge in [-0.1, -0.05) is 13.3 Å². The molecule has 2 unspecified atom stereocenters. The van der Waals surface area contributed by atoms with Crippen LogP contribution >= 0.6 is 0 Å². The third-order valence-electron chi connectivity index (χ3n) is 3.06. The van der Waals surface area contributed by atoms with E-state index >= 15 is 0 Å². The minimum Gasteiger partial charge on any atom is -0.376 e. The van der Waals surface area contributed by atoms with Gasteiger partial charge in [-0.2, -0.15) is 0 Å². The first-order valence-corrected chi connectivity index (χ1v) is 6.35. The van der Waals surface area contributed by atoms with E-state index in [0.717, 1.165) is 38.8 Å². The highest BCUT2D eigenvalue weighted by Crippen LogP contribution is 2.14. The zero-order valence-corrected chi connectivity index (χ0v) is 10.4. The number of amides is 1. The molecule has 94 valence electrons. The Bertz CT molecular complexity index is 215. The van der Waals surface area contributed by atoms with Crippen LogP contribution in [0.25, 0.3) is 0 Å². The van der Waals surface area contributed by atoms with Gasteiger partial charge in [-0.05, 0) is 26.2 Å². The first-order valence-electron chi connectivity index (χ1n) is 6.35. The molecule has 1 fully saturated rings. The van der Waals surface area contributed by atoms with Crippen LogP contribution in [0.4, 0.5) is 0 Å². The highest BCUT2D eigenvalue weighted by Gasteiger charge is 2.24. The quantitative estimate of drug-likeness (QED) is 0.741. The van der Waals surface area contributed by atoms with E-state index in [1.54, 1.807) is 0 Å². The van der Waals surface area contributed by atoms with Crippen LogP contribution in [-0.4, -0.2) is 42.6 Å². The number of ether oxygens (including phenoxy) is 1. The molecule has 1 saturated heterocycles. The van der Waals surface area contributed by atoms with Crippen LogP contribution in [0.5, 0.6) is 0 Å². The summed E-state index contributed by atoms with van der Waals surface area (Å²) in [5.74, 6) is 0.0693. The number of hydrogen-bond donors (Lipinski definition) is 1. The third-order valence-corrected chi connectivity index (χ3v) is 3.06. The molecule has 0 saturated carbocycles. The van der Waals surface area contributed by atoms with Crippen LogP contribution in [0.2, 0.25) is 0 Å². The molecule has 0 aromatic heterocycles. The molecule has 0 spiro atoms. The lowest BCUT2D eigenvalue weighted by molar-refractivity contribution is -0.134. The topological polar surface area (TPSA) is 55.6 Å². The van der Waals surface area contributed by atoms with Gasteiger partial charge >= 0.3 is 0 Å². The summed E-state index contributed by atoms with van der Waals surface area (Å²) >= 11 is 0. The molecule has 1 aliphatic heterocycles. The van der Waals surface area contributed by atoms with Gasteiger partial charge in [0.25, 0.3) is 0 Å². The van der Waals surface area contributed by atoms with E-state index in [1.165, 1.54) is 0 Å². The van der Waals surface area contributed by atoms with Gasteiger partial charge in [0.1, 0.15) is 0 Å². The van der Waals surface area contributed by atoms with Crippen LogP contribution in [0.3, 0.4) is 0 Å². The molecule has 0 radical (unpaired) electrons. The summed E-state index contributed by atoms with van der Waals surface area (Å²) in [7, 11) is 0. The number of nitrogens with two attached hydrogens (primary N) is 1. The molecule has 4 nitrogen and oxygen atoms in total. The van der Waals surface area contributed by atoms with Crippen LogP contribution in [-0.2, 0) is 9.53 Å². The largest absolute Gasteiger partial charge is 0.376 e. The second kappa shape index (κ2) is 6.86. The van der Waals surface area contributed by atoms with Crippen molar-refractivity contribution in [3.63, 3.8) is 0 Å². The van der Waals surface area contributed by atoms with Crippen LogP contribution < -0.4 is 5.73 Å². The van der Waals surface area contributed by atoms with E-state index in [4.69, 9.17) is 10.5 Å². The standard InChI is InChI=1S/C12H24N2O2/c1-3-6-11(13)12(15)14(4-2)9-10-7-5-8-16-10/h10-11H,3-9,13H2,1-2H3. The van der Waals surface area contributed by atoms with Gasteiger partial charge in [-0.25, -0.2) is 0 Å². The first-order chi connectivity index (χ1) is 7.69. The first kappa shape index (κ1) is 13.5. The summed E-state index contributed by atoms with van der Waals surface area (Å²) in [5.41, 5.74) is 5.85. The lowest BCUT2D eigenvalue weighted by Crippen LogP contribution is -2.46. The van der Waals surface area contributed by atoms with Crippen molar-refractivity contribution < 1.29 is 9.53 Å². The zero-order valence-electron chi connectivity index (χ0n) is 10.4. The maximum atomic E-state index is 12.0.